The van der Waals surface area contributed by atoms with E-state index >= 15 is 0 Å². The lowest BCUT2D eigenvalue weighted by molar-refractivity contribution is -0.164. The standard InChI is InChI=1S/C18H27NO5/c1-18(22,11-7-13-24-16-10-5-6-12-23-16)14-19(17(20)21)15-8-3-2-4-9-15/h2-4,8-9,16,22H,5-7,10-14H2,1H3,(H,20,21). The van der Waals surface area contributed by atoms with Crippen molar-refractivity contribution in [1.82, 2.24) is 0 Å². The molecule has 1 aromatic rings. The van der Waals surface area contributed by atoms with Crippen molar-refractivity contribution >= 4 is 11.8 Å². The Kier molecular flexibility index (Phi) is 7.02. The zero-order valence-corrected chi connectivity index (χ0v) is 14.2. The number of para-hydroxylation sites is 1. The number of ether oxygens (including phenoxy) is 2. The van der Waals surface area contributed by atoms with Crippen molar-refractivity contribution in [3.63, 3.8) is 0 Å². The molecule has 2 unspecified atom stereocenters. The van der Waals surface area contributed by atoms with Crippen LogP contribution in [-0.4, -0.2) is 48.0 Å². The first kappa shape index (κ1) is 18.7. The molecular weight excluding hydrogens is 310 g/mol. The predicted octanol–water partition coefficient (Wildman–Crippen LogP) is 3.25. The molecule has 0 radical (unpaired) electrons. The summed E-state index contributed by atoms with van der Waals surface area (Å²) in [4.78, 5) is 12.7. The van der Waals surface area contributed by atoms with Crippen LogP contribution in [0.2, 0.25) is 0 Å². The lowest BCUT2D eigenvalue weighted by atomic mass is 9.99. The second-order valence-corrected chi connectivity index (χ2v) is 6.47. The first-order valence-corrected chi connectivity index (χ1v) is 8.49. The van der Waals surface area contributed by atoms with Gasteiger partial charge in [0.05, 0.1) is 12.1 Å². The molecule has 0 bridgehead atoms. The maximum absolute atomic E-state index is 11.5. The van der Waals surface area contributed by atoms with Gasteiger partial charge in [-0.2, -0.15) is 0 Å². The Labute approximate surface area is 143 Å². The largest absolute Gasteiger partial charge is 0.465 e. The van der Waals surface area contributed by atoms with Crippen LogP contribution in [0.5, 0.6) is 0 Å². The molecule has 2 N–H and O–H groups in total. The molecular formula is C18H27NO5. The van der Waals surface area contributed by atoms with Gasteiger partial charge in [-0.1, -0.05) is 18.2 Å². The summed E-state index contributed by atoms with van der Waals surface area (Å²) in [6, 6.07) is 8.81. The molecule has 1 aliphatic rings. The fraction of sp³-hybridized carbons (Fsp3) is 0.611. The van der Waals surface area contributed by atoms with Crippen molar-refractivity contribution in [2.75, 3.05) is 24.7 Å². The first-order valence-electron chi connectivity index (χ1n) is 8.49. The van der Waals surface area contributed by atoms with Crippen molar-refractivity contribution in [2.45, 2.75) is 50.9 Å². The van der Waals surface area contributed by atoms with E-state index in [1.807, 2.05) is 6.07 Å². The second-order valence-electron chi connectivity index (χ2n) is 6.47. The molecule has 1 fully saturated rings. The predicted molar refractivity (Wildman–Crippen MR) is 91.2 cm³/mol. The van der Waals surface area contributed by atoms with Crippen LogP contribution in [0, 0.1) is 0 Å². The van der Waals surface area contributed by atoms with Gasteiger partial charge in [0.2, 0.25) is 0 Å². The van der Waals surface area contributed by atoms with Gasteiger partial charge < -0.3 is 19.7 Å². The van der Waals surface area contributed by atoms with Crippen molar-refractivity contribution in [3.05, 3.63) is 30.3 Å². The summed E-state index contributed by atoms with van der Waals surface area (Å²) in [6.07, 6.45) is 3.01. The van der Waals surface area contributed by atoms with Crippen molar-refractivity contribution in [2.24, 2.45) is 0 Å². The Morgan fingerprint density at radius 2 is 2.12 bits per heavy atom. The van der Waals surface area contributed by atoms with Gasteiger partial charge in [-0.15, -0.1) is 0 Å². The van der Waals surface area contributed by atoms with E-state index in [1.165, 1.54) is 4.90 Å². The third kappa shape index (κ3) is 6.11. The van der Waals surface area contributed by atoms with Crippen LogP contribution < -0.4 is 4.90 Å². The summed E-state index contributed by atoms with van der Waals surface area (Å²) in [6.45, 7) is 2.92. The number of amides is 1. The van der Waals surface area contributed by atoms with Gasteiger partial charge >= 0.3 is 6.09 Å². The van der Waals surface area contributed by atoms with Gasteiger partial charge in [-0.05, 0) is 51.2 Å². The molecule has 1 saturated heterocycles. The number of anilines is 1. The lowest BCUT2D eigenvalue weighted by Crippen LogP contribution is -2.43. The average Bonchev–Trinajstić information content (AvgIpc) is 2.58. The van der Waals surface area contributed by atoms with Crippen LogP contribution in [0.3, 0.4) is 0 Å². The highest BCUT2D eigenvalue weighted by molar-refractivity contribution is 5.86. The summed E-state index contributed by atoms with van der Waals surface area (Å²) in [5.41, 5.74) is -0.567. The zero-order valence-electron chi connectivity index (χ0n) is 14.2. The first-order chi connectivity index (χ1) is 11.5. The van der Waals surface area contributed by atoms with E-state index in [0.717, 1.165) is 25.9 Å². The number of nitrogens with zero attached hydrogens (tertiary/aromatic N) is 1. The van der Waals surface area contributed by atoms with Crippen molar-refractivity contribution in [3.8, 4) is 0 Å². The molecule has 134 valence electrons. The molecule has 0 aliphatic carbocycles. The van der Waals surface area contributed by atoms with Gasteiger partial charge in [0, 0.05) is 18.9 Å². The number of rotatable bonds is 8. The number of carbonyl (C=O) groups is 1. The molecule has 24 heavy (non-hydrogen) atoms. The van der Waals surface area contributed by atoms with Gasteiger partial charge in [0.15, 0.2) is 6.29 Å². The summed E-state index contributed by atoms with van der Waals surface area (Å²) < 4.78 is 11.1. The number of hydrogen-bond donors (Lipinski definition) is 2. The Bertz CT molecular complexity index is 499. The molecule has 0 spiro atoms. The van der Waals surface area contributed by atoms with Crippen LogP contribution in [0.1, 0.15) is 39.0 Å². The Balaban J connectivity index is 1.79. The maximum atomic E-state index is 11.5. The summed E-state index contributed by atoms with van der Waals surface area (Å²) in [5.74, 6) is 0. The number of aliphatic hydroxyl groups is 1. The third-order valence-electron chi connectivity index (χ3n) is 4.10. The molecule has 1 aromatic carbocycles. The molecule has 1 amide bonds. The molecule has 6 heteroatoms. The van der Waals surface area contributed by atoms with Crippen LogP contribution in [0.4, 0.5) is 10.5 Å². The molecule has 2 atom stereocenters. The fourth-order valence-electron chi connectivity index (χ4n) is 2.81. The number of carboxylic acid groups (broad SMARTS) is 1. The van der Waals surface area contributed by atoms with Gasteiger partial charge in [-0.3, -0.25) is 4.90 Å². The highest BCUT2D eigenvalue weighted by Gasteiger charge is 2.27. The van der Waals surface area contributed by atoms with E-state index < -0.39 is 11.7 Å². The topological polar surface area (TPSA) is 79.2 Å². The van der Waals surface area contributed by atoms with Gasteiger partial charge in [-0.25, -0.2) is 4.79 Å². The minimum Gasteiger partial charge on any atom is -0.465 e. The minimum absolute atomic E-state index is 0.0201. The smallest absolute Gasteiger partial charge is 0.411 e. The highest BCUT2D eigenvalue weighted by Crippen LogP contribution is 2.21. The average molecular weight is 337 g/mol. The summed E-state index contributed by atoms with van der Waals surface area (Å²) in [7, 11) is 0. The number of benzene rings is 1. The zero-order chi connectivity index (χ0) is 17.4. The fourth-order valence-corrected chi connectivity index (χ4v) is 2.81. The van der Waals surface area contributed by atoms with Crippen molar-refractivity contribution < 1.29 is 24.5 Å². The maximum Gasteiger partial charge on any atom is 0.411 e. The van der Waals surface area contributed by atoms with E-state index in [2.05, 4.69) is 0 Å². The third-order valence-corrected chi connectivity index (χ3v) is 4.10. The molecule has 6 nitrogen and oxygen atoms in total. The van der Waals surface area contributed by atoms with E-state index in [0.29, 0.717) is 25.1 Å². The monoisotopic (exact) mass is 337 g/mol. The minimum atomic E-state index is -1.12. The number of hydrogen-bond acceptors (Lipinski definition) is 4. The van der Waals surface area contributed by atoms with Gasteiger partial charge in [0.1, 0.15) is 0 Å². The normalized spacial score (nSPS) is 20.3. The van der Waals surface area contributed by atoms with E-state index in [-0.39, 0.29) is 12.8 Å². The molecule has 1 heterocycles. The van der Waals surface area contributed by atoms with E-state index in [4.69, 9.17) is 9.47 Å². The SMILES string of the molecule is CC(O)(CCCOC1CCCCO1)CN(C(=O)O)c1ccccc1. The highest BCUT2D eigenvalue weighted by atomic mass is 16.7. The van der Waals surface area contributed by atoms with Crippen LogP contribution >= 0.6 is 0 Å². The van der Waals surface area contributed by atoms with Crippen LogP contribution in [-0.2, 0) is 9.47 Å². The van der Waals surface area contributed by atoms with E-state index in [1.54, 1.807) is 31.2 Å². The van der Waals surface area contributed by atoms with E-state index in [9.17, 15) is 15.0 Å². The molecule has 0 saturated carbocycles. The molecule has 2 rings (SSSR count). The Morgan fingerprint density at radius 1 is 1.38 bits per heavy atom. The van der Waals surface area contributed by atoms with Crippen LogP contribution in [0.25, 0.3) is 0 Å². The van der Waals surface area contributed by atoms with Crippen molar-refractivity contribution in [1.29, 1.82) is 0 Å². The lowest BCUT2D eigenvalue weighted by Gasteiger charge is -2.30. The second kappa shape index (κ2) is 9.01. The summed E-state index contributed by atoms with van der Waals surface area (Å²) in [5, 5.41) is 19.9. The molecule has 1 aliphatic heterocycles. The molecule has 0 aromatic heterocycles. The van der Waals surface area contributed by atoms with Gasteiger partial charge in [0.25, 0.3) is 0 Å². The van der Waals surface area contributed by atoms with Crippen LogP contribution in [0.15, 0.2) is 30.3 Å². The Hall–Kier alpha value is -1.63. The quantitative estimate of drug-likeness (QED) is 0.712. The summed E-state index contributed by atoms with van der Waals surface area (Å²) >= 11 is 0. The Morgan fingerprint density at radius 3 is 2.75 bits per heavy atom.